The van der Waals surface area contributed by atoms with E-state index < -0.39 is 0 Å². The maximum atomic E-state index is 5.60. The minimum absolute atomic E-state index is 0.546. The molecule has 1 heterocycles. The molecule has 0 radical (unpaired) electrons. The largest absolute Gasteiger partial charge is 0.381 e. The number of likely N-dealkylation sites (N-methyl/N-ethyl adjacent to an activating group) is 1. The third-order valence-electron chi connectivity index (χ3n) is 4.88. The van der Waals surface area contributed by atoms with Crippen molar-refractivity contribution in [3.63, 3.8) is 0 Å². The second-order valence-corrected chi connectivity index (χ2v) is 7.35. The van der Waals surface area contributed by atoms with Crippen LogP contribution in [0.2, 0.25) is 0 Å². The zero-order valence-electron chi connectivity index (χ0n) is 17.2. The molecule has 2 N–H and O–H groups in total. The van der Waals surface area contributed by atoms with Crippen molar-refractivity contribution in [3.05, 3.63) is 0 Å². The fourth-order valence-electron chi connectivity index (χ4n) is 3.09. The molecule has 0 aromatic rings. The summed E-state index contributed by atoms with van der Waals surface area (Å²) in [5.74, 6) is 1.52. The Hall–Kier alpha value is -0.850. The van der Waals surface area contributed by atoms with Gasteiger partial charge in [-0.15, -0.1) is 0 Å². The number of unbranched alkanes of at least 4 members (excludes halogenated alkanes) is 1. The fourth-order valence-corrected chi connectivity index (χ4v) is 3.09. The van der Waals surface area contributed by atoms with Gasteiger partial charge in [0.1, 0.15) is 0 Å². The van der Waals surface area contributed by atoms with Crippen molar-refractivity contribution in [2.75, 3.05) is 66.6 Å². The molecule has 0 bridgehead atoms. The van der Waals surface area contributed by atoms with E-state index in [-0.39, 0.29) is 0 Å². The van der Waals surface area contributed by atoms with Crippen molar-refractivity contribution in [2.45, 2.75) is 46.1 Å². The van der Waals surface area contributed by atoms with Crippen molar-refractivity contribution in [1.29, 1.82) is 0 Å². The van der Waals surface area contributed by atoms with Crippen LogP contribution in [0, 0.1) is 5.92 Å². The number of rotatable bonds is 11. The van der Waals surface area contributed by atoms with Crippen LogP contribution in [0.1, 0.15) is 40.0 Å². The molecule has 6 heteroatoms. The molecule has 1 aliphatic rings. The molecule has 0 aromatic heterocycles. The van der Waals surface area contributed by atoms with E-state index >= 15 is 0 Å². The lowest BCUT2D eigenvalue weighted by atomic mass is 10.0. The van der Waals surface area contributed by atoms with Gasteiger partial charge in [0.25, 0.3) is 0 Å². The van der Waals surface area contributed by atoms with Gasteiger partial charge in [-0.1, -0.05) is 27.2 Å². The van der Waals surface area contributed by atoms with E-state index in [4.69, 9.17) is 4.74 Å². The first kappa shape index (κ1) is 22.2. The number of ether oxygens (including phenoxy) is 1. The Labute approximate surface area is 155 Å². The first-order valence-corrected chi connectivity index (χ1v) is 10.0. The molecule has 1 atom stereocenters. The molecule has 1 aliphatic heterocycles. The number of piperazine rings is 1. The Balaban J connectivity index is 2.26. The van der Waals surface area contributed by atoms with Gasteiger partial charge in [-0.05, 0) is 25.8 Å². The van der Waals surface area contributed by atoms with Crippen LogP contribution < -0.4 is 10.6 Å². The van der Waals surface area contributed by atoms with Gasteiger partial charge in [0.05, 0.1) is 0 Å². The van der Waals surface area contributed by atoms with Gasteiger partial charge in [-0.25, -0.2) is 0 Å². The Kier molecular flexibility index (Phi) is 11.9. The Morgan fingerprint density at radius 3 is 2.36 bits per heavy atom. The highest BCUT2D eigenvalue weighted by Crippen LogP contribution is 2.12. The van der Waals surface area contributed by atoms with Gasteiger partial charge < -0.3 is 20.3 Å². The summed E-state index contributed by atoms with van der Waals surface area (Å²) in [6, 6.07) is 0.546. The van der Waals surface area contributed by atoms with Crippen molar-refractivity contribution >= 4 is 5.96 Å². The van der Waals surface area contributed by atoms with E-state index in [1.54, 1.807) is 0 Å². The van der Waals surface area contributed by atoms with E-state index in [1.165, 1.54) is 6.42 Å². The summed E-state index contributed by atoms with van der Waals surface area (Å²) < 4.78 is 5.60. The van der Waals surface area contributed by atoms with Crippen molar-refractivity contribution in [2.24, 2.45) is 10.9 Å². The van der Waals surface area contributed by atoms with Crippen LogP contribution in [0.4, 0.5) is 0 Å². The molecule has 0 amide bonds. The highest BCUT2D eigenvalue weighted by molar-refractivity contribution is 5.79. The molecule has 1 unspecified atom stereocenters. The molecule has 0 aliphatic carbocycles. The molecule has 0 aromatic carbocycles. The Bertz CT molecular complexity index is 354. The SMILES string of the molecule is CCCCOCCCNC(=NC)NCC(C(C)C)N1CCN(C)CC1. The molecule has 6 nitrogen and oxygen atoms in total. The number of aliphatic imine (C=N–C) groups is 1. The highest BCUT2D eigenvalue weighted by atomic mass is 16.5. The zero-order valence-corrected chi connectivity index (χ0v) is 17.2. The lowest BCUT2D eigenvalue weighted by Gasteiger charge is -2.40. The number of nitrogens with zero attached hydrogens (tertiary/aromatic N) is 3. The van der Waals surface area contributed by atoms with Gasteiger partial charge in [0, 0.05) is 65.6 Å². The normalized spacial score (nSPS) is 18.6. The van der Waals surface area contributed by atoms with E-state index in [2.05, 4.69) is 53.2 Å². The van der Waals surface area contributed by atoms with E-state index in [1.807, 2.05) is 7.05 Å². The van der Waals surface area contributed by atoms with Crippen LogP contribution in [0.5, 0.6) is 0 Å². The summed E-state index contributed by atoms with van der Waals surface area (Å²) >= 11 is 0. The average Bonchev–Trinajstić information content (AvgIpc) is 2.60. The van der Waals surface area contributed by atoms with Crippen LogP contribution in [0.15, 0.2) is 4.99 Å². The van der Waals surface area contributed by atoms with Crippen LogP contribution in [0.25, 0.3) is 0 Å². The molecule has 1 fully saturated rings. The van der Waals surface area contributed by atoms with Crippen LogP contribution >= 0.6 is 0 Å². The van der Waals surface area contributed by atoms with Gasteiger partial charge in [-0.2, -0.15) is 0 Å². The maximum Gasteiger partial charge on any atom is 0.191 e. The van der Waals surface area contributed by atoms with E-state index in [0.717, 1.165) is 71.3 Å². The minimum atomic E-state index is 0.546. The predicted octanol–water partition coefficient (Wildman–Crippen LogP) is 1.63. The van der Waals surface area contributed by atoms with Crippen molar-refractivity contribution in [1.82, 2.24) is 20.4 Å². The summed E-state index contributed by atoms with van der Waals surface area (Å²) in [6.45, 7) is 15.0. The summed E-state index contributed by atoms with van der Waals surface area (Å²) in [4.78, 5) is 9.38. The quantitative estimate of drug-likeness (QED) is 0.335. The molecule has 0 spiro atoms. The lowest BCUT2D eigenvalue weighted by molar-refractivity contribution is 0.0900. The molecule has 25 heavy (non-hydrogen) atoms. The smallest absolute Gasteiger partial charge is 0.191 e. The Morgan fingerprint density at radius 1 is 1.08 bits per heavy atom. The molecule has 1 saturated heterocycles. The first-order chi connectivity index (χ1) is 12.1. The molecule has 0 saturated carbocycles. The molecule has 148 valence electrons. The first-order valence-electron chi connectivity index (χ1n) is 10.0. The second-order valence-electron chi connectivity index (χ2n) is 7.35. The lowest BCUT2D eigenvalue weighted by Crippen LogP contribution is -2.55. The molecular formula is C19H41N5O. The van der Waals surface area contributed by atoms with Gasteiger partial charge in [0.15, 0.2) is 5.96 Å². The summed E-state index contributed by atoms with van der Waals surface area (Å²) in [5.41, 5.74) is 0. The zero-order chi connectivity index (χ0) is 18.5. The fraction of sp³-hybridized carbons (Fsp3) is 0.947. The summed E-state index contributed by atoms with van der Waals surface area (Å²) in [5, 5.41) is 6.91. The minimum Gasteiger partial charge on any atom is -0.381 e. The number of hydrogen-bond donors (Lipinski definition) is 2. The monoisotopic (exact) mass is 355 g/mol. The number of hydrogen-bond acceptors (Lipinski definition) is 4. The number of nitrogens with one attached hydrogen (secondary N) is 2. The average molecular weight is 356 g/mol. The third kappa shape index (κ3) is 9.42. The van der Waals surface area contributed by atoms with Crippen LogP contribution in [-0.4, -0.2) is 88.4 Å². The van der Waals surface area contributed by atoms with Crippen molar-refractivity contribution in [3.8, 4) is 0 Å². The predicted molar refractivity (Wildman–Crippen MR) is 107 cm³/mol. The topological polar surface area (TPSA) is 52.1 Å². The third-order valence-corrected chi connectivity index (χ3v) is 4.88. The second kappa shape index (κ2) is 13.4. The van der Waals surface area contributed by atoms with Gasteiger partial charge in [-0.3, -0.25) is 9.89 Å². The van der Waals surface area contributed by atoms with Gasteiger partial charge >= 0.3 is 0 Å². The summed E-state index contributed by atoms with van der Waals surface area (Å²) in [6.07, 6.45) is 3.36. The number of guanidine groups is 1. The maximum absolute atomic E-state index is 5.60. The van der Waals surface area contributed by atoms with Crippen LogP contribution in [0.3, 0.4) is 0 Å². The van der Waals surface area contributed by atoms with Crippen molar-refractivity contribution < 1.29 is 4.74 Å². The summed E-state index contributed by atoms with van der Waals surface area (Å²) in [7, 11) is 4.05. The van der Waals surface area contributed by atoms with Gasteiger partial charge in [0.2, 0.25) is 0 Å². The standard InChI is InChI=1S/C19H41N5O/c1-6-7-14-25-15-8-9-21-19(20-4)22-16-18(17(2)3)24-12-10-23(5)11-13-24/h17-18H,6-16H2,1-5H3,(H2,20,21,22). The highest BCUT2D eigenvalue weighted by Gasteiger charge is 2.24. The Morgan fingerprint density at radius 2 is 1.76 bits per heavy atom. The van der Waals surface area contributed by atoms with E-state index in [9.17, 15) is 0 Å². The molecular weight excluding hydrogens is 314 g/mol. The van der Waals surface area contributed by atoms with Crippen LogP contribution in [-0.2, 0) is 4.74 Å². The van der Waals surface area contributed by atoms with E-state index in [0.29, 0.717) is 12.0 Å². The molecule has 1 rings (SSSR count).